The third-order valence-electron chi connectivity index (χ3n) is 3.72. The summed E-state index contributed by atoms with van der Waals surface area (Å²) in [5.74, 6) is 0.900. The Kier molecular flexibility index (Phi) is 3.72. The van der Waals surface area contributed by atoms with Gasteiger partial charge in [0.1, 0.15) is 11.9 Å². The minimum absolute atomic E-state index is 0.0245. The predicted octanol–water partition coefficient (Wildman–Crippen LogP) is 3.36. The number of para-hydroxylation sites is 1. The maximum Gasteiger partial charge on any atom is 0.126 e. The molecule has 1 aliphatic rings. The van der Waals surface area contributed by atoms with Crippen LogP contribution >= 0.6 is 0 Å². The van der Waals surface area contributed by atoms with Gasteiger partial charge in [-0.25, -0.2) is 0 Å². The number of hydrogen-bond acceptors (Lipinski definition) is 3. The fraction of sp³-hybridized carbons (Fsp3) is 0.294. The monoisotopic (exact) mass is 269 g/mol. The van der Waals surface area contributed by atoms with Crippen LogP contribution in [0.15, 0.2) is 48.5 Å². The lowest BCUT2D eigenvalue weighted by molar-refractivity contribution is 0.161. The van der Waals surface area contributed by atoms with E-state index in [2.05, 4.69) is 24.3 Å². The van der Waals surface area contributed by atoms with Crippen LogP contribution in [0.1, 0.15) is 35.3 Å². The van der Waals surface area contributed by atoms with Gasteiger partial charge in [0.2, 0.25) is 0 Å². The minimum atomic E-state index is 0.0245. The van der Waals surface area contributed by atoms with Gasteiger partial charge in [-0.2, -0.15) is 0 Å². The molecule has 1 heterocycles. The number of methoxy groups -OCH3 is 1. The molecule has 3 heteroatoms. The molecule has 0 aliphatic carbocycles. The van der Waals surface area contributed by atoms with Crippen LogP contribution in [0.5, 0.6) is 5.75 Å². The van der Waals surface area contributed by atoms with E-state index in [4.69, 9.17) is 15.2 Å². The minimum Gasteiger partial charge on any atom is -0.485 e. The molecule has 3 nitrogen and oxygen atoms in total. The Hall–Kier alpha value is -1.84. The summed E-state index contributed by atoms with van der Waals surface area (Å²) in [4.78, 5) is 0. The fourth-order valence-electron chi connectivity index (χ4n) is 2.65. The van der Waals surface area contributed by atoms with E-state index < -0.39 is 0 Å². The molecule has 2 aromatic rings. The smallest absolute Gasteiger partial charge is 0.126 e. The van der Waals surface area contributed by atoms with Gasteiger partial charge in [-0.1, -0.05) is 42.5 Å². The molecule has 2 aromatic carbocycles. The summed E-state index contributed by atoms with van der Waals surface area (Å²) in [5.41, 5.74) is 9.67. The highest BCUT2D eigenvalue weighted by molar-refractivity contribution is 5.39. The van der Waals surface area contributed by atoms with Crippen LogP contribution < -0.4 is 10.5 Å². The Morgan fingerprint density at radius 3 is 2.65 bits per heavy atom. The highest BCUT2D eigenvalue weighted by Crippen LogP contribution is 2.39. The van der Waals surface area contributed by atoms with Gasteiger partial charge in [0.25, 0.3) is 0 Å². The van der Waals surface area contributed by atoms with Gasteiger partial charge in [-0.05, 0) is 17.2 Å². The van der Waals surface area contributed by atoms with E-state index in [0.717, 1.165) is 28.9 Å². The quantitative estimate of drug-likeness (QED) is 0.929. The summed E-state index contributed by atoms with van der Waals surface area (Å²) in [6.07, 6.45) is 0.831. The first kappa shape index (κ1) is 13.2. The summed E-state index contributed by atoms with van der Waals surface area (Å²) in [6, 6.07) is 16.4. The van der Waals surface area contributed by atoms with Gasteiger partial charge >= 0.3 is 0 Å². The SMILES string of the molecule is COCc1ccc(C2C[C@@H](N)c3ccccc3O2)cc1. The highest BCUT2D eigenvalue weighted by atomic mass is 16.5. The second kappa shape index (κ2) is 5.65. The maximum absolute atomic E-state index is 6.25. The number of rotatable bonds is 3. The third-order valence-corrected chi connectivity index (χ3v) is 3.72. The van der Waals surface area contributed by atoms with Crippen molar-refractivity contribution in [3.8, 4) is 5.75 Å². The average Bonchev–Trinajstić information content (AvgIpc) is 2.48. The van der Waals surface area contributed by atoms with Gasteiger partial charge in [0, 0.05) is 25.1 Å². The molecule has 1 unspecified atom stereocenters. The molecule has 20 heavy (non-hydrogen) atoms. The van der Waals surface area contributed by atoms with E-state index in [-0.39, 0.29) is 12.1 Å². The van der Waals surface area contributed by atoms with Crippen LogP contribution in [-0.2, 0) is 11.3 Å². The zero-order valence-electron chi connectivity index (χ0n) is 11.6. The van der Waals surface area contributed by atoms with Crippen molar-refractivity contribution in [2.24, 2.45) is 5.73 Å². The van der Waals surface area contributed by atoms with Crippen molar-refractivity contribution < 1.29 is 9.47 Å². The van der Waals surface area contributed by atoms with E-state index in [1.54, 1.807) is 7.11 Å². The van der Waals surface area contributed by atoms with Crippen LogP contribution in [0.3, 0.4) is 0 Å². The molecule has 0 saturated heterocycles. The first-order valence-corrected chi connectivity index (χ1v) is 6.87. The Morgan fingerprint density at radius 1 is 1.15 bits per heavy atom. The summed E-state index contributed by atoms with van der Waals surface area (Å²) in [5, 5.41) is 0. The molecule has 0 saturated carbocycles. The zero-order chi connectivity index (χ0) is 13.9. The topological polar surface area (TPSA) is 44.5 Å². The Balaban J connectivity index is 1.82. The van der Waals surface area contributed by atoms with E-state index in [0.29, 0.717) is 6.61 Å². The molecule has 0 spiro atoms. The van der Waals surface area contributed by atoms with E-state index in [9.17, 15) is 0 Å². The molecule has 0 aromatic heterocycles. The summed E-state index contributed by atoms with van der Waals surface area (Å²) < 4.78 is 11.2. The first-order valence-electron chi connectivity index (χ1n) is 6.87. The summed E-state index contributed by atoms with van der Waals surface area (Å²) >= 11 is 0. The highest BCUT2D eigenvalue weighted by Gasteiger charge is 2.26. The second-order valence-corrected chi connectivity index (χ2v) is 5.16. The number of nitrogens with two attached hydrogens (primary N) is 1. The lowest BCUT2D eigenvalue weighted by Crippen LogP contribution is -2.24. The lowest BCUT2D eigenvalue weighted by atomic mass is 9.93. The van der Waals surface area contributed by atoms with Gasteiger partial charge in [-0.3, -0.25) is 0 Å². The van der Waals surface area contributed by atoms with Gasteiger partial charge in [0.15, 0.2) is 0 Å². The Labute approximate surface area is 119 Å². The number of benzene rings is 2. The Morgan fingerprint density at radius 2 is 1.90 bits per heavy atom. The van der Waals surface area contributed by atoms with Crippen molar-refractivity contribution in [3.63, 3.8) is 0 Å². The van der Waals surface area contributed by atoms with Crippen molar-refractivity contribution in [2.75, 3.05) is 7.11 Å². The molecule has 0 fully saturated rings. The number of hydrogen-bond donors (Lipinski definition) is 1. The Bertz CT molecular complexity index is 580. The summed E-state index contributed by atoms with van der Waals surface area (Å²) in [6.45, 7) is 0.633. The molecular weight excluding hydrogens is 250 g/mol. The standard InChI is InChI=1S/C17H19NO2/c1-19-11-12-6-8-13(9-7-12)17-10-15(18)14-4-2-3-5-16(14)20-17/h2-9,15,17H,10-11,18H2,1H3/t15-,17?/m1/s1. The van der Waals surface area contributed by atoms with Crippen LogP contribution in [0.4, 0.5) is 0 Å². The van der Waals surface area contributed by atoms with Crippen molar-refractivity contribution in [2.45, 2.75) is 25.2 Å². The van der Waals surface area contributed by atoms with E-state index in [1.165, 1.54) is 0 Å². The molecule has 2 atom stereocenters. The van der Waals surface area contributed by atoms with Crippen LogP contribution in [0, 0.1) is 0 Å². The van der Waals surface area contributed by atoms with Crippen LogP contribution in [0.2, 0.25) is 0 Å². The van der Waals surface area contributed by atoms with E-state index in [1.807, 2.05) is 24.3 Å². The van der Waals surface area contributed by atoms with Crippen molar-refractivity contribution in [3.05, 3.63) is 65.2 Å². The lowest BCUT2D eigenvalue weighted by Gasteiger charge is -2.30. The zero-order valence-corrected chi connectivity index (χ0v) is 11.6. The molecule has 1 aliphatic heterocycles. The van der Waals surface area contributed by atoms with Crippen molar-refractivity contribution in [1.29, 1.82) is 0 Å². The van der Waals surface area contributed by atoms with Crippen LogP contribution in [0.25, 0.3) is 0 Å². The average molecular weight is 269 g/mol. The first-order chi connectivity index (χ1) is 9.78. The molecular formula is C17H19NO2. The molecule has 0 radical (unpaired) electrons. The van der Waals surface area contributed by atoms with Crippen molar-refractivity contribution >= 4 is 0 Å². The largest absolute Gasteiger partial charge is 0.485 e. The van der Waals surface area contributed by atoms with E-state index >= 15 is 0 Å². The predicted molar refractivity (Wildman–Crippen MR) is 78.5 cm³/mol. The molecule has 3 rings (SSSR count). The van der Waals surface area contributed by atoms with Crippen LogP contribution in [-0.4, -0.2) is 7.11 Å². The number of fused-ring (bicyclic) bond motifs is 1. The maximum atomic E-state index is 6.25. The molecule has 104 valence electrons. The molecule has 0 amide bonds. The number of ether oxygens (including phenoxy) is 2. The fourth-order valence-corrected chi connectivity index (χ4v) is 2.65. The van der Waals surface area contributed by atoms with Gasteiger partial charge < -0.3 is 15.2 Å². The summed E-state index contributed by atoms with van der Waals surface area (Å²) in [7, 11) is 1.70. The van der Waals surface area contributed by atoms with Gasteiger partial charge in [0.05, 0.1) is 6.61 Å². The second-order valence-electron chi connectivity index (χ2n) is 5.16. The molecule has 0 bridgehead atoms. The van der Waals surface area contributed by atoms with Crippen molar-refractivity contribution in [1.82, 2.24) is 0 Å². The third kappa shape index (κ3) is 2.55. The normalized spacial score (nSPS) is 21.1. The molecule has 2 N–H and O–H groups in total. The van der Waals surface area contributed by atoms with Gasteiger partial charge in [-0.15, -0.1) is 0 Å².